The second-order valence-corrected chi connectivity index (χ2v) is 6.32. The van der Waals surface area contributed by atoms with E-state index in [0.29, 0.717) is 5.56 Å². The molecule has 0 spiro atoms. The molecule has 0 radical (unpaired) electrons. The van der Waals surface area contributed by atoms with Crippen molar-refractivity contribution < 1.29 is 14.7 Å². The molecule has 2 rings (SSSR count). The highest BCUT2D eigenvalue weighted by Gasteiger charge is 2.21. The molecule has 0 bridgehead atoms. The molecule has 25 heavy (non-hydrogen) atoms. The van der Waals surface area contributed by atoms with E-state index in [9.17, 15) is 9.59 Å². The Hall–Kier alpha value is -2.89. The van der Waals surface area contributed by atoms with Crippen LogP contribution in [0.5, 0.6) is 0 Å². The number of benzene rings is 1. The maximum absolute atomic E-state index is 12.7. The number of aliphatic carboxylic acids is 1. The highest BCUT2D eigenvalue weighted by molar-refractivity contribution is 5.96. The van der Waals surface area contributed by atoms with Crippen molar-refractivity contribution >= 4 is 17.6 Å². The van der Waals surface area contributed by atoms with E-state index in [1.807, 2.05) is 43.3 Å². The fourth-order valence-corrected chi connectivity index (χ4v) is 2.47. The molecule has 1 heterocycles. The number of anilines is 1. The molecule has 132 valence electrons. The first-order valence-corrected chi connectivity index (χ1v) is 8.05. The van der Waals surface area contributed by atoms with E-state index in [1.54, 1.807) is 26.1 Å². The van der Waals surface area contributed by atoms with Gasteiger partial charge in [0, 0.05) is 43.8 Å². The predicted molar refractivity (Wildman–Crippen MR) is 97.8 cm³/mol. The van der Waals surface area contributed by atoms with E-state index in [-0.39, 0.29) is 18.5 Å². The van der Waals surface area contributed by atoms with Crippen LogP contribution >= 0.6 is 0 Å². The fraction of sp³-hybridized carbons (Fsp3) is 0.316. The molecule has 0 unspecified atom stereocenters. The van der Waals surface area contributed by atoms with E-state index in [2.05, 4.69) is 4.98 Å². The van der Waals surface area contributed by atoms with Gasteiger partial charge in [-0.2, -0.15) is 0 Å². The van der Waals surface area contributed by atoms with Gasteiger partial charge >= 0.3 is 5.97 Å². The summed E-state index contributed by atoms with van der Waals surface area (Å²) in [7, 11) is 3.94. The summed E-state index contributed by atoms with van der Waals surface area (Å²) in [4.78, 5) is 31.2. The fourth-order valence-electron chi connectivity index (χ4n) is 2.47. The van der Waals surface area contributed by atoms with Gasteiger partial charge in [-0.3, -0.25) is 14.6 Å². The maximum atomic E-state index is 12.7. The third kappa shape index (κ3) is 4.56. The van der Waals surface area contributed by atoms with Gasteiger partial charge in [0.1, 0.15) is 6.54 Å². The molecule has 0 atom stereocenters. The van der Waals surface area contributed by atoms with Crippen LogP contribution in [0.15, 0.2) is 42.7 Å². The van der Waals surface area contributed by atoms with Gasteiger partial charge in [-0.25, -0.2) is 0 Å². The zero-order chi connectivity index (χ0) is 18.6. The van der Waals surface area contributed by atoms with Crippen LogP contribution in [0.2, 0.25) is 0 Å². The summed E-state index contributed by atoms with van der Waals surface area (Å²) >= 11 is 0. The number of pyridine rings is 1. The Morgan fingerprint density at radius 3 is 2.24 bits per heavy atom. The minimum Gasteiger partial charge on any atom is -0.480 e. The molecule has 0 aliphatic carbocycles. The lowest BCUT2D eigenvalue weighted by Gasteiger charge is -2.25. The number of carboxylic acid groups (broad SMARTS) is 1. The lowest BCUT2D eigenvalue weighted by atomic mass is 10.0. The van der Waals surface area contributed by atoms with Gasteiger partial charge in [-0.1, -0.05) is 12.1 Å². The average Bonchev–Trinajstić information content (AvgIpc) is 2.59. The van der Waals surface area contributed by atoms with Crippen molar-refractivity contribution in [3.05, 3.63) is 48.3 Å². The van der Waals surface area contributed by atoms with Gasteiger partial charge in [-0.05, 0) is 37.6 Å². The van der Waals surface area contributed by atoms with E-state index >= 15 is 0 Å². The number of amides is 1. The summed E-state index contributed by atoms with van der Waals surface area (Å²) < 4.78 is 0. The summed E-state index contributed by atoms with van der Waals surface area (Å²) in [5.74, 6) is -1.37. The minimum absolute atomic E-state index is 0.216. The van der Waals surface area contributed by atoms with Gasteiger partial charge < -0.3 is 14.9 Å². The Morgan fingerprint density at radius 1 is 1.08 bits per heavy atom. The number of nitrogens with zero attached hydrogens (tertiary/aromatic N) is 3. The monoisotopic (exact) mass is 341 g/mol. The van der Waals surface area contributed by atoms with Gasteiger partial charge in [-0.15, -0.1) is 0 Å². The topological polar surface area (TPSA) is 73.7 Å². The third-order valence-corrected chi connectivity index (χ3v) is 3.89. The molecular formula is C19H23N3O3. The van der Waals surface area contributed by atoms with Crippen molar-refractivity contribution in [2.45, 2.75) is 19.9 Å². The second-order valence-electron chi connectivity index (χ2n) is 6.32. The number of rotatable bonds is 6. The highest BCUT2D eigenvalue weighted by Crippen LogP contribution is 2.23. The van der Waals surface area contributed by atoms with Gasteiger partial charge in [0.15, 0.2) is 0 Å². The first kappa shape index (κ1) is 18.4. The number of aromatic nitrogens is 1. The van der Waals surface area contributed by atoms with Crippen LogP contribution in [-0.2, 0) is 4.79 Å². The summed E-state index contributed by atoms with van der Waals surface area (Å²) in [6.07, 6.45) is 3.16. The Morgan fingerprint density at radius 2 is 1.72 bits per heavy atom. The molecule has 0 aliphatic heterocycles. The van der Waals surface area contributed by atoms with Gasteiger partial charge in [0.05, 0.1) is 5.56 Å². The largest absolute Gasteiger partial charge is 0.480 e. The predicted octanol–water partition coefficient (Wildman–Crippen LogP) is 2.75. The number of carbonyl (C=O) groups excluding carboxylic acids is 1. The van der Waals surface area contributed by atoms with Crippen molar-refractivity contribution in [3.63, 3.8) is 0 Å². The second kappa shape index (κ2) is 7.79. The van der Waals surface area contributed by atoms with Crippen LogP contribution < -0.4 is 4.90 Å². The van der Waals surface area contributed by atoms with Crippen LogP contribution in [-0.4, -0.2) is 53.5 Å². The average molecular weight is 341 g/mol. The quantitative estimate of drug-likeness (QED) is 0.874. The number of carboxylic acids is 1. The van der Waals surface area contributed by atoms with Crippen molar-refractivity contribution in [3.8, 4) is 11.1 Å². The van der Waals surface area contributed by atoms with Crippen LogP contribution in [0.4, 0.5) is 5.69 Å². The summed E-state index contributed by atoms with van der Waals surface area (Å²) in [5.41, 5.74) is 3.22. The molecule has 2 aromatic rings. The van der Waals surface area contributed by atoms with E-state index in [4.69, 9.17) is 5.11 Å². The summed E-state index contributed by atoms with van der Waals surface area (Å²) in [5, 5.41) is 9.02. The SMILES string of the molecule is CC(C)N(CC(=O)O)C(=O)c1cncc(-c2ccc(N(C)C)cc2)c1. The molecule has 0 saturated carbocycles. The number of hydrogen-bond acceptors (Lipinski definition) is 4. The first-order chi connectivity index (χ1) is 11.8. The lowest BCUT2D eigenvalue weighted by Crippen LogP contribution is -2.40. The van der Waals surface area contributed by atoms with Crippen LogP contribution in [0.25, 0.3) is 11.1 Å². The Bertz CT molecular complexity index is 755. The van der Waals surface area contributed by atoms with Gasteiger partial charge in [0.25, 0.3) is 5.91 Å². The van der Waals surface area contributed by atoms with Crippen LogP contribution in [0, 0.1) is 0 Å². The third-order valence-electron chi connectivity index (χ3n) is 3.89. The zero-order valence-corrected chi connectivity index (χ0v) is 14.9. The van der Waals surface area contributed by atoms with Crippen LogP contribution in [0.3, 0.4) is 0 Å². The number of carbonyl (C=O) groups is 2. The molecular weight excluding hydrogens is 318 g/mol. The van der Waals surface area contributed by atoms with E-state index in [0.717, 1.165) is 16.8 Å². The van der Waals surface area contributed by atoms with E-state index < -0.39 is 5.97 Å². The van der Waals surface area contributed by atoms with Crippen LogP contribution in [0.1, 0.15) is 24.2 Å². The normalized spacial score (nSPS) is 10.6. The van der Waals surface area contributed by atoms with Crippen molar-refractivity contribution in [1.82, 2.24) is 9.88 Å². The summed E-state index contributed by atoms with van der Waals surface area (Å²) in [6.45, 7) is 3.24. The number of hydrogen-bond donors (Lipinski definition) is 1. The Balaban J connectivity index is 2.31. The van der Waals surface area contributed by atoms with E-state index in [1.165, 1.54) is 11.1 Å². The molecule has 0 saturated heterocycles. The lowest BCUT2D eigenvalue weighted by molar-refractivity contribution is -0.138. The minimum atomic E-state index is -1.04. The zero-order valence-electron chi connectivity index (χ0n) is 14.9. The van der Waals surface area contributed by atoms with Crippen molar-refractivity contribution in [2.24, 2.45) is 0 Å². The smallest absolute Gasteiger partial charge is 0.323 e. The standard InChI is InChI=1S/C19H23N3O3/c1-13(2)22(12-18(23)24)19(25)16-9-15(10-20-11-16)14-5-7-17(8-6-14)21(3)4/h5-11,13H,12H2,1-4H3,(H,23,24). The van der Waals surface area contributed by atoms with Crippen molar-refractivity contribution in [1.29, 1.82) is 0 Å². The Kier molecular flexibility index (Phi) is 5.75. The highest BCUT2D eigenvalue weighted by atomic mass is 16.4. The molecule has 1 amide bonds. The Labute approximate surface area is 147 Å². The molecule has 6 heteroatoms. The summed E-state index contributed by atoms with van der Waals surface area (Å²) in [6, 6.07) is 9.46. The molecule has 1 aromatic carbocycles. The molecule has 1 aromatic heterocycles. The van der Waals surface area contributed by atoms with Crippen molar-refractivity contribution in [2.75, 3.05) is 25.5 Å². The molecule has 6 nitrogen and oxygen atoms in total. The molecule has 1 N–H and O–H groups in total. The maximum Gasteiger partial charge on any atom is 0.323 e. The van der Waals surface area contributed by atoms with Gasteiger partial charge in [0.2, 0.25) is 0 Å². The first-order valence-electron chi connectivity index (χ1n) is 8.05. The molecule has 0 fully saturated rings. The molecule has 0 aliphatic rings.